The number of fused-ring (bicyclic) bond motifs is 1. The maximum atomic E-state index is 4.61. The van der Waals surface area contributed by atoms with Crippen LogP contribution in [0.3, 0.4) is 0 Å². The third kappa shape index (κ3) is 2.31. The molecule has 0 spiro atoms. The van der Waals surface area contributed by atoms with E-state index in [0.717, 1.165) is 49.2 Å². The highest BCUT2D eigenvalue weighted by Gasteiger charge is 2.19. The van der Waals surface area contributed by atoms with E-state index >= 15 is 0 Å². The molecule has 0 unspecified atom stereocenters. The molecule has 100 valence electrons. The fourth-order valence-electron chi connectivity index (χ4n) is 2.34. The second-order valence-corrected chi connectivity index (χ2v) is 4.77. The molecule has 0 aliphatic carbocycles. The summed E-state index contributed by atoms with van der Waals surface area (Å²) < 4.78 is 2.18. The molecule has 6 heteroatoms. The van der Waals surface area contributed by atoms with Gasteiger partial charge in [0.15, 0.2) is 0 Å². The lowest BCUT2D eigenvalue weighted by molar-refractivity contribution is 0.550. The monoisotopic (exact) mass is 258 g/mol. The van der Waals surface area contributed by atoms with Crippen molar-refractivity contribution >= 4 is 5.95 Å². The highest BCUT2D eigenvalue weighted by atomic mass is 15.3. The molecular formula is C13H18N6. The molecule has 0 fully saturated rings. The Hall–Kier alpha value is -1.95. The molecule has 0 aromatic carbocycles. The molecule has 19 heavy (non-hydrogen) atoms. The standard InChI is InChI=1S/C13H18N6/c1-10-11(7-14-2)8-16-13(17-10)19-6-5-18-4-3-15-12(18)9-19/h3-4,8,14H,5-7,9H2,1-2H3. The van der Waals surface area contributed by atoms with Crippen LogP contribution in [-0.4, -0.2) is 33.1 Å². The van der Waals surface area contributed by atoms with Crippen LogP contribution >= 0.6 is 0 Å². The van der Waals surface area contributed by atoms with Gasteiger partial charge < -0.3 is 14.8 Å². The van der Waals surface area contributed by atoms with Gasteiger partial charge in [0, 0.05) is 49.5 Å². The van der Waals surface area contributed by atoms with Crippen molar-refractivity contribution in [3.8, 4) is 0 Å². The number of aryl methyl sites for hydroxylation is 1. The van der Waals surface area contributed by atoms with E-state index in [1.54, 1.807) is 0 Å². The Balaban J connectivity index is 1.82. The molecule has 0 saturated carbocycles. The smallest absolute Gasteiger partial charge is 0.225 e. The average molecular weight is 258 g/mol. The van der Waals surface area contributed by atoms with E-state index in [2.05, 4.69) is 29.7 Å². The summed E-state index contributed by atoms with van der Waals surface area (Å²) in [5.74, 6) is 1.87. The summed E-state index contributed by atoms with van der Waals surface area (Å²) in [6.07, 6.45) is 5.78. The zero-order valence-electron chi connectivity index (χ0n) is 11.3. The lowest BCUT2D eigenvalue weighted by atomic mass is 10.2. The van der Waals surface area contributed by atoms with Crippen LogP contribution in [0.1, 0.15) is 17.1 Å². The number of nitrogens with one attached hydrogen (secondary N) is 1. The maximum Gasteiger partial charge on any atom is 0.225 e. The molecule has 1 aliphatic heterocycles. The van der Waals surface area contributed by atoms with Gasteiger partial charge in [0.2, 0.25) is 5.95 Å². The Morgan fingerprint density at radius 1 is 1.32 bits per heavy atom. The number of hydrogen-bond acceptors (Lipinski definition) is 5. The Bertz CT molecular complexity index is 576. The number of aromatic nitrogens is 4. The molecule has 0 atom stereocenters. The van der Waals surface area contributed by atoms with E-state index in [9.17, 15) is 0 Å². The molecule has 2 aromatic rings. The molecule has 0 radical (unpaired) electrons. The summed E-state index contributed by atoms with van der Waals surface area (Å²) in [6, 6.07) is 0. The Morgan fingerprint density at radius 2 is 2.21 bits per heavy atom. The van der Waals surface area contributed by atoms with E-state index in [1.165, 1.54) is 0 Å². The highest BCUT2D eigenvalue weighted by Crippen LogP contribution is 2.17. The van der Waals surface area contributed by atoms with Gasteiger partial charge in [-0.15, -0.1) is 0 Å². The first-order valence-corrected chi connectivity index (χ1v) is 6.50. The normalized spacial score (nSPS) is 14.5. The van der Waals surface area contributed by atoms with Crippen molar-refractivity contribution in [2.45, 2.75) is 26.6 Å². The lowest BCUT2D eigenvalue weighted by Crippen LogP contribution is -2.35. The van der Waals surface area contributed by atoms with Gasteiger partial charge in [0.1, 0.15) is 5.82 Å². The van der Waals surface area contributed by atoms with Crippen LogP contribution in [-0.2, 0) is 19.6 Å². The first kappa shape index (κ1) is 12.1. The molecule has 3 rings (SSSR count). The van der Waals surface area contributed by atoms with Crippen LogP contribution in [0.15, 0.2) is 18.6 Å². The molecule has 0 amide bonds. The lowest BCUT2D eigenvalue weighted by Gasteiger charge is -2.27. The largest absolute Gasteiger partial charge is 0.332 e. The van der Waals surface area contributed by atoms with Crippen molar-refractivity contribution < 1.29 is 0 Å². The van der Waals surface area contributed by atoms with Gasteiger partial charge in [-0.1, -0.05) is 0 Å². The van der Waals surface area contributed by atoms with Crippen LogP contribution in [0, 0.1) is 6.92 Å². The van der Waals surface area contributed by atoms with Crippen LogP contribution in [0.2, 0.25) is 0 Å². The predicted molar refractivity (Wildman–Crippen MR) is 72.8 cm³/mol. The molecule has 3 heterocycles. The number of imidazole rings is 1. The topological polar surface area (TPSA) is 58.9 Å². The van der Waals surface area contributed by atoms with Crippen molar-refractivity contribution in [3.05, 3.63) is 35.7 Å². The van der Waals surface area contributed by atoms with Crippen LogP contribution in [0.25, 0.3) is 0 Å². The Labute approximate surface area is 112 Å². The molecule has 0 bridgehead atoms. The SMILES string of the molecule is CNCc1cnc(N2CCn3ccnc3C2)nc1C. The van der Waals surface area contributed by atoms with E-state index in [4.69, 9.17) is 0 Å². The van der Waals surface area contributed by atoms with Crippen molar-refractivity contribution in [3.63, 3.8) is 0 Å². The van der Waals surface area contributed by atoms with E-state index < -0.39 is 0 Å². The van der Waals surface area contributed by atoms with Gasteiger partial charge in [-0.05, 0) is 14.0 Å². The summed E-state index contributed by atoms with van der Waals surface area (Å²) in [6.45, 7) is 5.47. The highest BCUT2D eigenvalue weighted by molar-refractivity contribution is 5.34. The minimum atomic E-state index is 0.776. The maximum absolute atomic E-state index is 4.61. The fraction of sp³-hybridized carbons (Fsp3) is 0.462. The molecule has 6 nitrogen and oxygen atoms in total. The van der Waals surface area contributed by atoms with Crippen molar-refractivity contribution in [1.82, 2.24) is 24.8 Å². The van der Waals surface area contributed by atoms with Gasteiger partial charge in [-0.3, -0.25) is 0 Å². The molecule has 1 aliphatic rings. The minimum Gasteiger partial charge on any atom is -0.332 e. The third-order valence-electron chi connectivity index (χ3n) is 3.46. The van der Waals surface area contributed by atoms with Gasteiger partial charge in [-0.25, -0.2) is 15.0 Å². The Kier molecular flexibility index (Phi) is 3.16. The fourth-order valence-corrected chi connectivity index (χ4v) is 2.34. The molecule has 1 N–H and O–H groups in total. The number of anilines is 1. The molecule has 2 aromatic heterocycles. The summed E-state index contributed by atoms with van der Waals surface area (Å²) in [5.41, 5.74) is 2.18. The zero-order valence-corrected chi connectivity index (χ0v) is 11.3. The first-order valence-electron chi connectivity index (χ1n) is 6.50. The summed E-state index contributed by atoms with van der Waals surface area (Å²) in [7, 11) is 1.93. The predicted octanol–water partition coefficient (Wildman–Crippen LogP) is 0.721. The van der Waals surface area contributed by atoms with Crippen LogP contribution in [0.4, 0.5) is 5.95 Å². The van der Waals surface area contributed by atoms with Gasteiger partial charge in [-0.2, -0.15) is 0 Å². The van der Waals surface area contributed by atoms with E-state index in [0.29, 0.717) is 0 Å². The van der Waals surface area contributed by atoms with Crippen LogP contribution < -0.4 is 10.2 Å². The van der Waals surface area contributed by atoms with Crippen molar-refractivity contribution in [2.75, 3.05) is 18.5 Å². The molecule has 0 saturated heterocycles. The third-order valence-corrected chi connectivity index (χ3v) is 3.46. The van der Waals surface area contributed by atoms with Crippen molar-refractivity contribution in [1.29, 1.82) is 0 Å². The van der Waals surface area contributed by atoms with Crippen LogP contribution in [0.5, 0.6) is 0 Å². The number of nitrogens with zero attached hydrogens (tertiary/aromatic N) is 5. The first-order chi connectivity index (χ1) is 9.28. The van der Waals surface area contributed by atoms with E-state index in [-0.39, 0.29) is 0 Å². The van der Waals surface area contributed by atoms with Crippen molar-refractivity contribution in [2.24, 2.45) is 0 Å². The van der Waals surface area contributed by atoms with Gasteiger partial charge in [0.05, 0.1) is 6.54 Å². The molecular weight excluding hydrogens is 240 g/mol. The summed E-state index contributed by atoms with van der Waals surface area (Å²) in [4.78, 5) is 15.6. The average Bonchev–Trinajstić information content (AvgIpc) is 2.88. The quantitative estimate of drug-likeness (QED) is 0.879. The zero-order chi connectivity index (χ0) is 13.2. The second kappa shape index (κ2) is 4.97. The number of hydrogen-bond donors (Lipinski definition) is 1. The van der Waals surface area contributed by atoms with Gasteiger partial charge in [0.25, 0.3) is 0 Å². The summed E-state index contributed by atoms with van der Waals surface area (Å²) >= 11 is 0. The minimum absolute atomic E-state index is 0.776. The van der Waals surface area contributed by atoms with E-state index in [1.807, 2.05) is 32.6 Å². The number of rotatable bonds is 3. The summed E-state index contributed by atoms with van der Waals surface area (Å²) in [5, 5.41) is 3.13. The van der Waals surface area contributed by atoms with Gasteiger partial charge >= 0.3 is 0 Å². The second-order valence-electron chi connectivity index (χ2n) is 4.77. The Morgan fingerprint density at radius 3 is 3.00 bits per heavy atom.